The molecule has 0 N–H and O–H groups in total. The van der Waals surface area contributed by atoms with Crippen molar-refractivity contribution in [1.82, 2.24) is 0 Å². The predicted octanol–water partition coefficient (Wildman–Crippen LogP) is 1.61. The van der Waals surface area contributed by atoms with E-state index in [4.69, 9.17) is 17.7 Å². The molecule has 0 aromatic heterocycles. The molecule has 0 radical (unpaired) electrons. The highest BCUT2D eigenvalue weighted by atomic mass is 32.2. The number of benzene rings is 1. The first-order chi connectivity index (χ1) is 9.86. The Labute approximate surface area is 126 Å². The van der Waals surface area contributed by atoms with Crippen molar-refractivity contribution in [2.75, 3.05) is 32.4 Å². The number of ether oxygens (including phenoxy) is 1. The van der Waals surface area contributed by atoms with Crippen LogP contribution >= 0.6 is 0 Å². The highest BCUT2D eigenvalue weighted by molar-refractivity contribution is 7.84. The van der Waals surface area contributed by atoms with Gasteiger partial charge in [-0.25, -0.2) is 8.42 Å². The molecule has 0 saturated carbocycles. The fraction of sp³-hybridized carbons (Fsp3) is 0.600. The Morgan fingerprint density at radius 1 is 1.10 bits per heavy atom. The van der Waals surface area contributed by atoms with E-state index in [9.17, 15) is 0 Å². The Kier molecular flexibility index (Phi) is 5.24. The molecule has 1 aromatic rings. The van der Waals surface area contributed by atoms with Crippen LogP contribution in [0.3, 0.4) is 0 Å². The van der Waals surface area contributed by atoms with Gasteiger partial charge in [-0.2, -0.15) is 0 Å². The van der Waals surface area contributed by atoms with Crippen LogP contribution in [0.1, 0.15) is 19.3 Å². The van der Waals surface area contributed by atoms with Crippen LogP contribution in [0, 0.1) is 0 Å². The van der Waals surface area contributed by atoms with Crippen molar-refractivity contribution in [3.05, 3.63) is 30.3 Å². The number of rotatable bonds is 2. The zero-order valence-corrected chi connectivity index (χ0v) is 13.2. The number of para-hydroxylation sites is 1. The molecule has 118 valence electrons. The lowest BCUT2D eigenvalue weighted by Gasteiger charge is -2.49. The van der Waals surface area contributed by atoms with E-state index in [0.29, 0.717) is 12.4 Å². The van der Waals surface area contributed by atoms with Crippen LogP contribution in [0.5, 0.6) is 5.75 Å². The largest absolute Gasteiger partial charge is 0.748 e. The first kappa shape index (κ1) is 16.3. The van der Waals surface area contributed by atoms with Crippen molar-refractivity contribution in [1.29, 1.82) is 0 Å². The van der Waals surface area contributed by atoms with Crippen molar-refractivity contribution in [2.45, 2.75) is 25.4 Å². The van der Waals surface area contributed by atoms with E-state index >= 15 is 0 Å². The Bertz CT molecular complexity index is 522. The second-order valence-electron chi connectivity index (χ2n) is 5.92. The summed E-state index contributed by atoms with van der Waals surface area (Å²) in [7, 11) is -3.92. The monoisotopic (exact) mass is 313 g/mol. The highest BCUT2D eigenvalue weighted by Crippen LogP contribution is 2.28. The van der Waals surface area contributed by atoms with Gasteiger partial charge in [0.1, 0.15) is 11.9 Å². The third-order valence-electron chi connectivity index (χ3n) is 4.16. The lowest BCUT2D eigenvalue weighted by atomic mass is 9.99. The number of hydrogen-bond acceptors (Lipinski definition) is 4. The van der Waals surface area contributed by atoms with Crippen molar-refractivity contribution < 1.29 is 22.2 Å². The van der Waals surface area contributed by atoms with Gasteiger partial charge in [0.15, 0.2) is 0 Å². The van der Waals surface area contributed by atoms with E-state index in [1.165, 1.54) is 49.9 Å². The van der Waals surface area contributed by atoms with E-state index in [1.54, 1.807) is 0 Å². The van der Waals surface area contributed by atoms with Crippen LogP contribution in [0.15, 0.2) is 30.3 Å². The van der Waals surface area contributed by atoms with E-state index in [2.05, 4.69) is 12.1 Å². The summed E-state index contributed by atoms with van der Waals surface area (Å²) >= 11 is 0. The van der Waals surface area contributed by atoms with Crippen LogP contribution in [0.2, 0.25) is 0 Å². The summed E-state index contributed by atoms with van der Waals surface area (Å²) in [6.45, 7) is 5.49. The van der Waals surface area contributed by atoms with Gasteiger partial charge in [-0.3, -0.25) is 0 Å². The normalized spacial score (nSPS) is 21.0. The third-order valence-corrected chi connectivity index (χ3v) is 4.16. The van der Waals surface area contributed by atoms with Crippen LogP contribution in [0.25, 0.3) is 0 Å². The van der Waals surface area contributed by atoms with Gasteiger partial charge >= 0.3 is 0 Å². The molecule has 2 saturated heterocycles. The molecule has 3 rings (SSSR count). The average molecular weight is 313 g/mol. The van der Waals surface area contributed by atoms with Gasteiger partial charge in [0.25, 0.3) is 0 Å². The maximum atomic E-state index is 9.08. The fourth-order valence-electron chi connectivity index (χ4n) is 2.95. The summed E-state index contributed by atoms with van der Waals surface area (Å²) in [5.74, 6) is 1.03. The van der Waals surface area contributed by atoms with Gasteiger partial charge in [0.2, 0.25) is 0 Å². The SMILES string of the molecule is CS(=O)(=O)[O-].c1ccc(OC2CC[N+]3(CCC3)CC2)cc1. The Morgan fingerprint density at radius 2 is 1.62 bits per heavy atom. The predicted molar refractivity (Wildman–Crippen MR) is 80.1 cm³/mol. The Morgan fingerprint density at radius 3 is 2.05 bits per heavy atom. The number of hydrogen-bond donors (Lipinski definition) is 0. The maximum absolute atomic E-state index is 9.08. The summed E-state index contributed by atoms with van der Waals surface area (Å²) in [6.07, 6.45) is 4.95. The minimum absolute atomic E-state index is 0.451. The Hall–Kier alpha value is -1.11. The first-order valence-electron chi connectivity index (χ1n) is 7.34. The molecular formula is C15H23NO4S. The van der Waals surface area contributed by atoms with Gasteiger partial charge in [-0.1, -0.05) is 18.2 Å². The molecule has 0 aliphatic carbocycles. The summed E-state index contributed by atoms with van der Waals surface area (Å²) < 4.78 is 34.6. The zero-order valence-electron chi connectivity index (χ0n) is 12.4. The summed E-state index contributed by atoms with van der Waals surface area (Å²) in [5.41, 5.74) is 0. The molecule has 2 aliphatic rings. The first-order valence-corrected chi connectivity index (χ1v) is 9.16. The second kappa shape index (κ2) is 6.77. The van der Waals surface area contributed by atoms with E-state index in [0.717, 1.165) is 5.75 Å². The molecule has 21 heavy (non-hydrogen) atoms. The van der Waals surface area contributed by atoms with Gasteiger partial charge in [0, 0.05) is 25.5 Å². The lowest BCUT2D eigenvalue weighted by molar-refractivity contribution is -0.968. The zero-order chi connectivity index (χ0) is 15.3. The topological polar surface area (TPSA) is 66.4 Å². The number of quaternary nitrogens is 1. The average Bonchev–Trinajstić information content (AvgIpc) is 2.37. The standard InChI is InChI=1S/C14H20NO.CH4O3S/c1-2-5-13(6-3-1)16-14-7-11-15(12-8-14)9-4-10-15;1-5(2,3)4/h1-3,5-6,14H,4,7-12H2;1H3,(H,2,3,4)/q+1;/p-1. The van der Waals surface area contributed by atoms with Crippen molar-refractivity contribution in [3.8, 4) is 5.75 Å². The fourth-order valence-corrected chi connectivity index (χ4v) is 2.95. The smallest absolute Gasteiger partial charge is 0.119 e. The molecule has 0 amide bonds. The van der Waals surface area contributed by atoms with Crippen LogP contribution < -0.4 is 4.74 Å². The van der Waals surface area contributed by atoms with Crippen molar-refractivity contribution in [2.24, 2.45) is 0 Å². The Balaban J connectivity index is 0.000000282. The minimum atomic E-state index is -3.92. The minimum Gasteiger partial charge on any atom is -0.748 e. The van der Waals surface area contributed by atoms with Crippen LogP contribution in [0.4, 0.5) is 0 Å². The molecule has 5 nitrogen and oxygen atoms in total. The summed E-state index contributed by atoms with van der Waals surface area (Å²) in [5, 5.41) is 0. The van der Waals surface area contributed by atoms with E-state index in [-0.39, 0.29) is 0 Å². The van der Waals surface area contributed by atoms with E-state index < -0.39 is 10.1 Å². The molecule has 0 bridgehead atoms. The highest BCUT2D eigenvalue weighted by Gasteiger charge is 2.39. The van der Waals surface area contributed by atoms with E-state index in [1.807, 2.05) is 18.2 Å². The molecular weight excluding hydrogens is 290 g/mol. The number of piperidine rings is 1. The molecule has 2 aliphatic heterocycles. The number of nitrogens with zero attached hydrogens (tertiary/aromatic N) is 1. The lowest BCUT2D eigenvalue weighted by Crippen LogP contribution is -2.62. The van der Waals surface area contributed by atoms with Crippen LogP contribution in [-0.2, 0) is 10.1 Å². The maximum Gasteiger partial charge on any atom is 0.119 e. The molecule has 1 spiro atoms. The van der Waals surface area contributed by atoms with Gasteiger partial charge in [-0.15, -0.1) is 0 Å². The second-order valence-corrected chi connectivity index (χ2v) is 7.33. The third kappa shape index (κ3) is 5.65. The summed E-state index contributed by atoms with van der Waals surface area (Å²) in [6, 6.07) is 10.2. The molecule has 1 aromatic carbocycles. The van der Waals surface area contributed by atoms with Crippen molar-refractivity contribution in [3.63, 3.8) is 0 Å². The molecule has 0 atom stereocenters. The van der Waals surface area contributed by atoms with Crippen LogP contribution in [-0.4, -0.2) is 56.0 Å². The molecule has 0 unspecified atom stereocenters. The molecule has 2 fully saturated rings. The van der Waals surface area contributed by atoms with Gasteiger partial charge in [0.05, 0.1) is 36.3 Å². The molecule has 2 heterocycles. The van der Waals surface area contributed by atoms with Crippen molar-refractivity contribution >= 4 is 10.1 Å². The van der Waals surface area contributed by atoms with Gasteiger partial charge in [-0.05, 0) is 12.1 Å². The van der Waals surface area contributed by atoms with Gasteiger partial charge < -0.3 is 13.8 Å². The summed E-state index contributed by atoms with van der Waals surface area (Å²) in [4.78, 5) is 0. The quantitative estimate of drug-likeness (QED) is 0.614. The molecule has 6 heteroatoms.